The van der Waals surface area contributed by atoms with Crippen molar-refractivity contribution in [3.8, 4) is 0 Å². The number of hydrogen-bond acceptors (Lipinski definition) is 7. The summed E-state index contributed by atoms with van der Waals surface area (Å²) < 4.78 is 10.2. The quantitative estimate of drug-likeness (QED) is 0.228. The van der Waals surface area contributed by atoms with Gasteiger partial charge in [-0.05, 0) is 67.8 Å². The molecule has 26 heavy (non-hydrogen) atoms. The Hall–Kier alpha value is -0.910. The number of benzene rings is 1. The maximum Gasteiger partial charge on any atom is 0.325 e. The molecule has 0 saturated carbocycles. The minimum Gasteiger partial charge on any atom is -0.468 e. The zero-order valence-electron chi connectivity index (χ0n) is 13.6. The molecule has 12 heteroatoms. The zero-order valence-corrected chi connectivity index (χ0v) is 20.0. The van der Waals surface area contributed by atoms with Gasteiger partial charge in [-0.2, -0.15) is 0 Å². The van der Waals surface area contributed by atoms with Crippen molar-refractivity contribution in [2.45, 2.75) is 0 Å². The first-order valence-electron chi connectivity index (χ1n) is 6.81. The maximum atomic E-state index is 12.5. The highest BCUT2D eigenvalue weighted by molar-refractivity contribution is 14.1. The summed E-state index contributed by atoms with van der Waals surface area (Å²) in [4.78, 5) is 47.4. The number of amides is 2. The second-order valence-electron chi connectivity index (χ2n) is 4.62. The summed E-state index contributed by atoms with van der Waals surface area (Å²) in [6.07, 6.45) is 0. The number of esters is 2. The van der Waals surface area contributed by atoms with Crippen molar-refractivity contribution < 1.29 is 28.7 Å². The molecule has 0 aromatic heterocycles. The van der Waals surface area contributed by atoms with Crippen molar-refractivity contribution in [3.05, 3.63) is 21.8 Å². The van der Waals surface area contributed by atoms with Crippen LogP contribution in [0.25, 0.3) is 0 Å². The second kappa shape index (κ2) is 10.4. The molecule has 0 atom stereocenters. The topological polar surface area (TPSA) is 137 Å². The molecule has 0 heterocycles. The minimum atomic E-state index is -0.613. The lowest BCUT2D eigenvalue weighted by atomic mass is 10.1. The molecule has 0 bridgehead atoms. The summed E-state index contributed by atoms with van der Waals surface area (Å²) in [7, 11) is 2.41. The lowest BCUT2D eigenvalue weighted by molar-refractivity contribution is -0.140. The molecule has 0 radical (unpaired) electrons. The van der Waals surface area contributed by atoms with E-state index < -0.39 is 23.8 Å². The highest BCUT2D eigenvalue weighted by atomic mass is 127. The van der Waals surface area contributed by atoms with Crippen molar-refractivity contribution in [2.24, 2.45) is 0 Å². The lowest BCUT2D eigenvalue weighted by Crippen LogP contribution is -2.34. The first-order valence-corrected chi connectivity index (χ1v) is 10.0. The molecule has 0 saturated heterocycles. The molecule has 4 N–H and O–H groups in total. The van der Waals surface area contributed by atoms with Crippen molar-refractivity contribution in [3.63, 3.8) is 0 Å². The third kappa shape index (κ3) is 5.54. The van der Waals surface area contributed by atoms with Crippen molar-refractivity contribution in [1.29, 1.82) is 0 Å². The van der Waals surface area contributed by atoms with Crippen molar-refractivity contribution in [2.75, 3.05) is 33.0 Å². The van der Waals surface area contributed by atoms with E-state index in [2.05, 4.69) is 20.1 Å². The van der Waals surface area contributed by atoms with Gasteiger partial charge in [-0.15, -0.1) is 0 Å². The fraction of sp³-hybridized carbons (Fsp3) is 0.286. The number of ether oxygens (including phenoxy) is 2. The van der Waals surface area contributed by atoms with Gasteiger partial charge in [-0.1, -0.05) is 0 Å². The molecule has 0 aliphatic heterocycles. The lowest BCUT2D eigenvalue weighted by Gasteiger charge is -2.16. The number of hydrogen-bond donors (Lipinski definition) is 3. The van der Waals surface area contributed by atoms with Crippen LogP contribution >= 0.6 is 67.8 Å². The Balaban J connectivity index is 3.26. The van der Waals surface area contributed by atoms with Crippen LogP contribution in [0.4, 0.5) is 5.69 Å². The molecule has 9 nitrogen and oxygen atoms in total. The van der Waals surface area contributed by atoms with Gasteiger partial charge in [0.25, 0.3) is 11.8 Å². The van der Waals surface area contributed by atoms with Gasteiger partial charge in [0.2, 0.25) is 0 Å². The average molecular weight is 701 g/mol. The van der Waals surface area contributed by atoms with Crippen molar-refractivity contribution in [1.82, 2.24) is 10.6 Å². The van der Waals surface area contributed by atoms with Gasteiger partial charge in [0, 0.05) is 3.57 Å². The number of nitrogens with one attached hydrogen (secondary N) is 2. The number of carbonyl (C=O) groups is 4. The number of carbonyl (C=O) groups excluding carboxylic acids is 4. The maximum absolute atomic E-state index is 12.5. The van der Waals surface area contributed by atoms with Crippen LogP contribution in [0.5, 0.6) is 0 Å². The predicted octanol–water partition coefficient (Wildman–Crippen LogP) is 0.888. The summed E-state index contributed by atoms with van der Waals surface area (Å²) in [5.74, 6) is -2.38. The Bertz CT molecular complexity index is 710. The third-order valence-electron chi connectivity index (χ3n) is 3.05. The van der Waals surface area contributed by atoms with Gasteiger partial charge in [0.1, 0.15) is 13.1 Å². The van der Waals surface area contributed by atoms with E-state index in [0.29, 0.717) is 10.7 Å². The van der Waals surface area contributed by atoms with Gasteiger partial charge in [-0.25, -0.2) is 0 Å². The van der Waals surface area contributed by atoms with Gasteiger partial charge in [-0.3, -0.25) is 19.2 Å². The van der Waals surface area contributed by atoms with Crippen LogP contribution in [0, 0.1) is 10.7 Å². The Labute approximate surface area is 189 Å². The van der Waals surface area contributed by atoms with Crippen LogP contribution < -0.4 is 16.4 Å². The fourth-order valence-electron chi connectivity index (χ4n) is 1.71. The van der Waals surface area contributed by atoms with E-state index in [1.807, 2.05) is 67.8 Å². The van der Waals surface area contributed by atoms with Crippen LogP contribution in [-0.2, 0) is 19.1 Å². The summed E-state index contributed by atoms with van der Waals surface area (Å²) in [5.41, 5.74) is 6.61. The van der Waals surface area contributed by atoms with E-state index in [9.17, 15) is 19.2 Å². The molecule has 1 rings (SSSR count). The van der Waals surface area contributed by atoms with Gasteiger partial charge in [0.05, 0.1) is 38.2 Å². The average Bonchev–Trinajstić information content (AvgIpc) is 2.62. The highest BCUT2D eigenvalue weighted by Crippen LogP contribution is 2.33. The summed E-state index contributed by atoms with van der Waals surface area (Å²) >= 11 is 5.65. The predicted molar refractivity (Wildman–Crippen MR) is 118 cm³/mol. The molecule has 142 valence electrons. The Morgan fingerprint density at radius 2 is 1.15 bits per heavy atom. The SMILES string of the molecule is COC(=O)CNC(=O)c1c(I)c(N)c(I)c(C(=O)NCC(=O)OC)c1I. The molecule has 0 unspecified atom stereocenters. The Kier molecular flexibility index (Phi) is 9.28. The van der Waals surface area contributed by atoms with E-state index >= 15 is 0 Å². The molecular weight excluding hydrogens is 687 g/mol. The van der Waals surface area contributed by atoms with E-state index in [0.717, 1.165) is 0 Å². The fourth-order valence-corrected chi connectivity index (χ4v) is 5.85. The van der Waals surface area contributed by atoms with E-state index in [1.54, 1.807) is 0 Å². The summed E-state index contributed by atoms with van der Waals surface area (Å²) in [6, 6.07) is 0. The molecule has 0 aliphatic carbocycles. The Morgan fingerprint density at radius 3 is 1.46 bits per heavy atom. The largest absolute Gasteiger partial charge is 0.468 e. The van der Waals surface area contributed by atoms with E-state index in [1.165, 1.54) is 14.2 Å². The molecule has 1 aromatic rings. The first kappa shape index (κ1) is 23.1. The molecular formula is C14H14I3N3O6. The van der Waals surface area contributed by atoms with Crippen molar-refractivity contribution >= 4 is 97.2 Å². The highest BCUT2D eigenvalue weighted by Gasteiger charge is 2.27. The molecule has 0 aliphatic rings. The molecule has 2 amide bonds. The molecule has 0 spiro atoms. The number of anilines is 1. The molecule has 0 fully saturated rings. The van der Waals surface area contributed by atoms with Crippen LogP contribution in [-0.4, -0.2) is 51.1 Å². The van der Waals surface area contributed by atoms with Crippen LogP contribution in [0.15, 0.2) is 0 Å². The normalized spacial score (nSPS) is 10.0. The number of nitrogen functional groups attached to an aromatic ring is 1. The number of methoxy groups -OCH3 is 2. The van der Waals surface area contributed by atoms with Gasteiger partial charge >= 0.3 is 11.9 Å². The number of rotatable bonds is 6. The van der Waals surface area contributed by atoms with Gasteiger partial charge < -0.3 is 25.8 Å². The Morgan fingerprint density at radius 1 is 0.808 bits per heavy atom. The molecule has 1 aromatic carbocycles. The van der Waals surface area contributed by atoms with Crippen LogP contribution in [0.2, 0.25) is 0 Å². The van der Waals surface area contributed by atoms with Crippen LogP contribution in [0.3, 0.4) is 0 Å². The third-order valence-corrected chi connectivity index (χ3v) is 6.37. The summed E-state index contributed by atoms with van der Waals surface area (Å²) in [6.45, 7) is -0.644. The number of halogens is 3. The van der Waals surface area contributed by atoms with Crippen LogP contribution in [0.1, 0.15) is 20.7 Å². The van der Waals surface area contributed by atoms with E-state index in [-0.39, 0.29) is 29.9 Å². The van der Waals surface area contributed by atoms with Gasteiger partial charge in [0.15, 0.2) is 0 Å². The monoisotopic (exact) mass is 701 g/mol. The zero-order chi connectivity index (χ0) is 20.0. The van der Waals surface area contributed by atoms with E-state index in [4.69, 9.17) is 5.73 Å². The number of nitrogens with two attached hydrogens (primary N) is 1. The summed E-state index contributed by atoms with van der Waals surface area (Å²) in [5, 5.41) is 4.83. The smallest absolute Gasteiger partial charge is 0.325 e. The first-order chi connectivity index (χ1) is 12.1. The standard InChI is InChI=1S/C14H14I3N3O6/c1-25-5(21)3-19-13(23)7-9(15)8(11(17)12(18)10(7)16)14(24)20-4-6(22)26-2/h3-4,18H2,1-2H3,(H,19,23)(H,20,24). The second-order valence-corrected chi connectivity index (χ2v) is 7.86. The minimum absolute atomic E-state index is 0.163.